The Morgan fingerprint density at radius 1 is 1.45 bits per heavy atom. The van der Waals surface area contributed by atoms with Crippen molar-refractivity contribution in [3.63, 3.8) is 0 Å². The highest BCUT2D eigenvalue weighted by atomic mass is 32.1. The van der Waals surface area contributed by atoms with Crippen LogP contribution in [0, 0.1) is 0 Å². The number of thiophene rings is 1. The SMILES string of the molecule is CC(CCc1ccco1)NC(=O)c1cc(-c2cccs2)[nH]n1. The molecule has 0 spiro atoms. The van der Waals surface area contributed by atoms with E-state index in [0.717, 1.165) is 29.2 Å². The molecule has 0 fully saturated rings. The summed E-state index contributed by atoms with van der Waals surface area (Å²) in [5.74, 6) is 0.770. The molecular formula is C16H17N3O2S. The molecule has 0 aromatic carbocycles. The van der Waals surface area contributed by atoms with Gasteiger partial charge in [0.1, 0.15) is 5.76 Å². The highest BCUT2D eigenvalue weighted by molar-refractivity contribution is 7.13. The minimum absolute atomic E-state index is 0.0551. The van der Waals surface area contributed by atoms with E-state index in [9.17, 15) is 4.79 Å². The van der Waals surface area contributed by atoms with Crippen molar-refractivity contribution in [3.8, 4) is 10.6 Å². The fourth-order valence-electron chi connectivity index (χ4n) is 2.18. The molecule has 3 rings (SSSR count). The molecule has 0 aliphatic carbocycles. The molecule has 3 heterocycles. The molecule has 2 N–H and O–H groups in total. The molecule has 0 radical (unpaired) electrons. The van der Waals surface area contributed by atoms with Crippen molar-refractivity contribution in [2.75, 3.05) is 0 Å². The third-order valence-electron chi connectivity index (χ3n) is 3.38. The van der Waals surface area contributed by atoms with E-state index in [2.05, 4.69) is 15.5 Å². The number of furan rings is 1. The predicted molar refractivity (Wildman–Crippen MR) is 85.9 cm³/mol. The number of nitrogens with zero attached hydrogens (tertiary/aromatic N) is 1. The Balaban J connectivity index is 1.55. The summed E-state index contributed by atoms with van der Waals surface area (Å²) in [6.07, 6.45) is 3.28. The number of aromatic nitrogens is 2. The van der Waals surface area contributed by atoms with Crippen molar-refractivity contribution in [1.82, 2.24) is 15.5 Å². The first-order valence-corrected chi connectivity index (χ1v) is 8.03. The number of H-pyrrole nitrogens is 1. The van der Waals surface area contributed by atoms with Gasteiger partial charge in [0.15, 0.2) is 5.69 Å². The second kappa shape index (κ2) is 6.62. The topological polar surface area (TPSA) is 70.9 Å². The monoisotopic (exact) mass is 315 g/mol. The van der Waals surface area contributed by atoms with Gasteiger partial charge in [-0.15, -0.1) is 11.3 Å². The molecule has 0 bridgehead atoms. The van der Waals surface area contributed by atoms with Gasteiger partial charge >= 0.3 is 0 Å². The number of hydrogen-bond donors (Lipinski definition) is 2. The zero-order chi connectivity index (χ0) is 15.4. The molecule has 0 saturated heterocycles. The fourth-order valence-corrected chi connectivity index (χ4v) is 2.87. The number of nitrogens with one attached hydrogen (secondary N) is 2. The molecule has 0 saturated carbocycles. The number of hydrogen-bond acceptors (Lipinski definition) is 4. The number of amides is 1. The van der Waals surface area contributed by atoms with Crippen LogP contribution >= 0.6 is 11.3 Å². The van der Waals surface area contributed by atoms with Crippen LogP contribution in [0.25, 0.3) is 10.6 Å². The summed E-state index contributed by atoms with van der Waals surface area (Å²) in [7, 11) is 0. The zero-order valence-electron chi connectivity index (χ0n) is 12.2. The van der Waals surface area contributed by atoms with Gasteiger partial charge in [0.25, 0.3) is 5.91 Å². The standard InChI is InChI=1S/C16H17N3O2S/c1-11(6-7-12-4-2-8-21-12)17-16(20)14-10-13(18-19-14)15-5-3-9-22-15/h2-5,8-11H,6-7H2,1H3,(H,17,20)(H,18,19). The van der Waals surface area contributed by atoms with Gasteiger partial charge in [-0.1, -0.05) is 6.07 Å². The van der Waals surface area contributed by atoms with Crippen LogP contribution in [0.5, 0.6) is 0 Å². The van der Waals surface area contributed by atoms with Gasteiger partial charge in [-0.25, -0.2) is 0 Å². The Bertz CT molecular complexity index is 717. The summed E-state index contributed by atoms with van der Waals surface area (Å²) in [6, 6.07) is 9.60. The summed E-state index contributed by atoms with van der Waals surface area (Å²) >= 11 is 1.61. The van der Waals surface area contributed by atoms with E-state index in [1.165, 1.54) is 0 Å². The maximum atomic E-state index is 12.2. The minimum atomic E-state index is -0.161. The van der Waals surface area contributed by atoms with E-state index in [-0.39, 0.29) is 11.9 Å². The van der Waals surface area contributed by atoms with Crippen LogP contribution in [-0.4, -0.2) is 22.1 Å². The highest BCUT2D eigenvalue weighted by Crippen LogP contribution is 2.22. The van der Waals surface area contributed by atoms with E-state index in [0.29, 0.717) is 5.69 Å². The molecule has 1 atom stereocenters. The highest BCUT2D eigenvalue weighted by Gasteiger charge is 2.14. The molecule has 0 aliphatic heterocycles. The number of aromatic amines is 1. The second-order valence-corrected chi connectivity index (χ2v) is 6.08. The van der Waals surface area contributed by atoms with Crippen LogP contribution in [0.3, 0.4) is 0 Å². The molecule has 5 nitrogen and oxygen atoms in total. The first kappa shape index (κ1) is 14.6. The third kappa shape index (κ3) is 3.46. The van der Waals surface area contributed by atoms with Gasteiger partial charge in [-0.05, 0) is 43.0 Å². The fraction of sp³-hybridized carbons (Fsp3) is 0.250. The number of aryl methyl sites for hydroxylation is 1. The summed E-state index contributed by atoms with van der Waals surface area (Å²) in [5.41, 5.74) is 1.27. The van der Waals surface area contributed by atoms with Crippen LogP contribution in [-0.2, 0) is 6.42 Å². The van der Waals surface area contributed by atoms with Crippen molar-refractivity contribution < 1.29 is 9.21 Å². The summed E-state index contributed by atoms with van der Waals surface area (Å²) in [6.45, 7) is 1.98. The molecule has 3 aromatic rings. The third-order valence-corrected chi connectivity index (χ3v) is 4.28. The smallest absolute Gasteiger partial charge is 0.271 e. The average molecular weight is 315 g/mol. The van der Waals surface area contributed by atoms with Crippen LogP contribution in [0.2, 0.25) is 0 Å². The molecule has 1 unspecified atom stereocenters. The number of carbonyl (C=O) groups is 1. The zero-order valence-corrected chi connectivity index (χ0v) is 13.0. The first-order valence-electron chi connectivity index (χ1n) is 7.15. The van der Waals surface area contributed by atoms with Gasteiger partial charge in [-0.3, -0.25) is 9.89 Å². The lowest BCUT2D eigenvalue weighted by atomic mass is 10.1. The van der Waals surface area contributed by atoms with E-state index >= 15 is 0 Å². The van der Waals surface area contributed by atoms with Crippen molar-refractivity contribution in [2.24, 2.45) is 0 Å². The Labute approximate surface area is 132 Å². The van der Waals surface area contributed by atoms with Gasteiger partial charge in [0.2, 0.25) is 0 Å². The Kier molecular flexibility index (Phi) is 4.39. The van der Waals surface area contributed by atoms with Gasteiger partial charge in [0.05, 0.1) is 16.8 Å². The summed E-state index contributed by atoms with van der Waals surface area (Å²) in [4.78, 5) is 13.3. The van der Waals surface area contributed by atoms with Crippen LogP contribution in [0.4, 0.5) is 0 Å². The van der Waals surface area contributed by atoms with Crippen LogP contribution in [0.1, 0.15) is 29.6 Å². The molecule has 114 valence electrons. The lowest BCUT2D eigenvalue weighted by Crippen LogP contribution is -2.33. The maximum absolute atomic E-state index is 12.2. The number of carbonyl (C=O) groups excluding carboxylic acids is 1. The quantitative estimate of drug-likeness (QED) is 0.731. The van der Waals surface area contributed by atoms with Gasteiger partial charge in [-0.2, -0.15) is 5.10 Å². The second-order valence-electron chi connectivity index (χ2n) is 5.14. The first-order chi connectivity index (χ1) is 10.7. The Morgan fingerprint density at radius 2 is 2.36 bits per heavy atom. The predicted octanol–water partition coefficient (Wildman–Crippen LogP) is 3.48. The lowest BCUT2D eigenvalue weighted by molar-refractivity contribution is 0.0933. The maximum Gasteiger partial charge on any atom is 0.271 e. The lowest BCUT2D eigenvalue weighted by Gasteiger charge is -2.11. The molecule has 3 aromatic heterocycles. The Morgan fingerprint density at radius 3 is 3.09 bits per heavy atom. The molecule has 1 amide bonds. The normalized spacial score (nSPS) is 12.2. The van der Waals surface area contributed by atoms with Crippen LogP contribution in [0.15, 0.2) is 46.4 Å². The largest absolute Gasteiger partial charge is 0.469 e. The average Bonchev–Trinajstić information content (AvgIpc) is 3.25. The van der Waals surface area contributed by atoms with E-state index < -0.39 is 0 Å². The van der Waals surface area contributed by atoms with E-state index in [1.54, 1.807) is 23.7 Å². The van der Waals surface area contributed by atoms with Gasteiger partial charge in [0, 0.05) is 12.5 Å². The molecule has 0 aliphatic rings. The van der Waals surface area contributed by atoms with Crippen molar-refractivity contribution in [3.05, 3.63) is 53.4 Å². The molecular weight excluding hydrogens is 298 g/mol. The number of rotatable bonds is 6. The van der Waals surface area contributed by atoms with E-state index in [1.807, 2.05) is 36.6 Å². The Hall–Kier alpha value is -2.34. The summed E-state index contributed by atoms with van der Waals surface area (Å²) < 4.78 is 5.29. The van der Waals surface area contributed by atoms with Crippen LogP contribution < -0.4 is 5.32 Å². The molecule has 6 heteroatoms. The summed E-state index contributed by atoms with van der Waals surface area (Å²) in [5, 5.41) is 11.9. The minimum Gasteiger partial charge on any atom is -0.469 e. The molecule has 22 heavy (non-hydrogen) atoms. The van der Waals surface area contributed by atoms with Gasteiger partial charge < -0.3 is 9.73 Å². The van der Waals surface area contributed by atoms with Crippen molar-refractivity contribution in [1.29, 1.82) is 0 Å². The van der Waals surface area contributed by atoms with E-state index in [4.69, 9.17) is 4.42 Å². The van der Waals surface area contributed by atoms with Crippen molar-refractivity contribution in [2.45, 2.75) is 25.8 Å². The van der Waals surface area contributed by atoms with Crippen molar-refractivity contribution >= 4 is 17.2 Å².